The molecule has 0 aliphatic carbocycles. The molecular formula is C14H12N4O. The van der Waals surface area contributed by atoms with E-state index < -0.39 is 0 Å². The first-order valence-corrected chi connectivity index (χ1v) is 5.86. The summed E-state index contributed by atoms with van der Waals surface area (Å²) >= 11 is 0. The van der Waals surface area contributed by atoms with Crippen LogP contribution in [0.25, 0.3) is 23.0 Å². The zero-order chi connectivity index (χ0) is 13.2. The first kappa shape index (κ1) is 11.4. The highest BCUT2D eigenvalue weighted by Gasteiger charge is 2.11. The minimum absolute atomic E-state index is 0.457. The van der Waals surface area contributed by atoms with Gasteiger partial charge in [-0.3, -0.25) is 0 Å². The van der Waals surface area contributed by atoms with Gasteiger partial charge in [0, 0.05) is 16.9 Å². The van der Waals surface area contributed by atoms with Crippen LogP contribution < -0.4 is 5.73 Å². The monoisotopic (exact) mass is 252 g/mol. The summed E-state index contributed by atoms with van der Waals surface area (Å²) in [6.45, 7) is 1.92. The van der Waals surface area contributed by atoms with Gasteiger partial charge in [0.25, 0.3) is 5.89 Å². The normalized spacial score (nSPS) is 10.6. The van der Waals surface area contributed by atoms with Crippen LogP contribution in [0.4, 0.5) is 5.69 Å². The van der Waals surface area contributed by atoms with E-state index in [1.807, 2.05) is 37.3 Å². The van der Waals surface area contributed by atoms with Crippen molar-refractivity contribution in [1.29, 1.82) is 0 Å². The molecule has 2 N–H and O–H groups in total. The second kappa shape index (κ2) is 4.53. The van der Waals surface area contributed by atoms with Crippen molar-refractivity contribution in [1.82, 2.24) is 15.1 Å². The van der Waals surface area contributed by atoms with Crippen molar-refractivity contribution in [2.24, 2.45) is 0 Å². The number of nitrogen functional groups attached to an aromatic ring is 1. The molecule has 1 aromatic carbocycles. The van der Waals surface area contributed by atoms with E-state index >= 15 is 0 Å². The summed E-state index contributed by atoms with van der Waals surface area (Å²) in [5.74, 6) is 0.939. The van der Waals surface area contributed by atoms with Crippen molar-refractivity contribution in [3.8, 4) is 23.0 Å². The summed E-state index contributed by atoms with van der Waals surface area (Å²) in [5, 5.41) is 3.95. The third kappa shape index (κ3) is 2.30. The van der Waals surface area contributed by atoms with Crippen LogP contribution in [0.1, 0.15) is 5.69 Å². The van der Waals surface area contributed by atoms with Crippen LogP contribution in [0.2, 0.25) is 0 Å². The van der Waals surface area contributed by atoms with Gasteiger partial charge >= 0.3 is 0 Å². The van der Waals surface area contributed by atoms with E-state index in [1.54, 1.807) is 12.1 Å². The minimum atomic E-state index is 0.457. The van der Waals surface area contributed by atoms with Gasteiger partial charge in [0.15, 0.2) is 0 Å². The summed E-state index contributed by atoms with van der Waals surface area (Å²) < 4.78 is 5.24. The van der Waals surface area contributed by atoms with Gasteiger partial charge < -0.3 is 10.3 Å². The molecule has 3 rings (SSSR count). The topological polar surface area (TPSA) is 77.8 Å². The molecule has 3 aromatic rings. The Kier molecular flexibility index (Phi) is 2.72. The summed E-state index contributed by atoms with van der Waals surface area (Å²) in [6.07, 6.45) is 0. The van der Waals surface area contributed by atoms with Crippen LogP contribution in [0.3, 0.4) is 0 Å². The highest BCUT2D eigenvalue weighted by molar-refractivity contribution is 5.59. The SMILES string of the molecule is Cc1cccc(-c2noc(-c3ccc(N)cc3)n2)n1. The lowest BCUT2D eigenvalue weighted by Crippen LogP contribution is -1.88. The van der Waals surface area contributed by atoms with Crippen molar-refractivity contribution < 1.29 is 4.52 Å². The number of benzene rings is 1. The van der Waals surface area contributed by atoms with Crippen molar-refractivity contribution >= 4 is 5.69 Å². The van der Waals surface area contributed by atoms with Crippen molar-refractivity contribution in [3.63, 3.8) is 0 Å². The molecule has 5 nitrogen and oxygen atoms in total. The molecule has 0 saturated carbocycles. The molecule has 19 heavy (non-hydrogen) atoms. The van der Waals surface area contributed by atoms with E-state index in [0.29, 0.717) is 23.1 Å². The fraction of sp³-hybridized carbons (Fsp3) is 0.0714. The van der Waals surface area contributed by atoms with Crippen LogP contribution in [0, 0.1) is 6.92 Å². The Labute approximate surface area is 110 Å². The first-order valence-electron chi connectivity index (χ1n) is 5.86. The summed E-state index contributed by atoms with van der Waals surface area (Å²) in [7, 11) is 0. The summed E-state index contributed by atoms with van der Waals surface area (Å²) in [4.78, 5) is 8.70. The molecule has 0 saturated heterocycles. The van der Waals surface area contributed by atoms with Gasteiger partial charge in [-0.2, -0.15) is 4.98 Å². The second-order valence-corrected chi connectivity index (χ2v) is 4.21. The standard InChI is InChI=1S/C14H12N4O/c1-9-3-2-4-12(16-9)13-17-14(19-18-13)10-5-7-11(15)8-6-10/h2-8H,15H2,1H3. The number of rotatable bonds is 2. The van der Waals surface area contributed by atoms with Gasteiger partial charge in [0.2, 0.25) is 5.82 Å². The molecule has 0 unspecified atom stereocenters. The number of pyridine rings is 1. The van der Waals surface area contributed by atoms with Gasteiger partial charge in [-0.05, 0) is 43.3 Å². The molecule has 2 heterocycles. The molecule has 0 amide bonds. The number of aryl methyl sites for hydroxylation is 1. The lowest BCUT2D eigenvalue weighted by Gasteiger charge is -1.95. The van der Waals surface area contributed by atoms with E-state index in [1.165, 1.54) is 0 Å². The molecule has 94 valence electrons. The Hall–Kier alpha value is -2.69. The zero-order valence-corrected chi connectivity index (χ0v) is 10.4. The molecule has 0 aliphatic heterocycles. The molecule has 0 fully saturated rings. The largest absolute Gasteiger partial charge is 0.399 e. The molecule has 0 radical (unpaired) electrons. The third-order valence-electron chi connectivity index (χ3n) is 2.70. The minimum Gasteiger partial charge on any atom is -0.399 e. The van der Waals surface area contributed by atoms with Crippen LogP contribution >= 0.6 is 0 Å². The smallest absolute Gasteiger partial charge is 0.258 e. The number of hydrogen-bond donors (Lipinski definition) is 1. The maximum absolute atomic E-state index is 5.64. The second-order valence-electron chi connectivity index (χ2n) is 4.21. The Morgan fingerprint density at radius 1 is 1.00 bits per heavy atom. The van der Waals surface area contributed by atoms with Gasteiger partial charge in [-0.1, -0.05) is 11.2 Å². The Morgan fingerprint density at radius 3 is 2.53 bits per heavy atom. The number of aromatic nitrogens is 3. The molecule has 0 spiro atoms. The molecular weight excluding hydrogens is 240 g/mol. The fourth-order valence-electron chi connectivity index (χ4n) is 1.74. The Balaban J connectivity index is 1.97. The summed E-state index contributed by atoms with van der Waals surface area (Å²) in [6, 6.07) is 13.0. The third-order valence-corrected chi connectivity index (χ3v) is 2.70. The Morgan fingerprint density at radius 2 is 1.79 bits per heavy atom. The lowest BCUT2D eigenvalue weighted by molar-refractivity contribution is 0.432. The van der Waals surface area contributed by atoms with Crippen molar-refractivity contribution in [3.05, 3.63) is 48.2 Å². The zero-order valence-electron chi connectivity index (χ0n) is 10.4. The highest BCUT2D eigenvalue weighted by atomic mass is 16.5. The van der Waals surface area contributed by atoms with Crippen LogP contribution in [-0.4, -0.2) is 15.1 Å². The fourth-order valence-corrected chi connectivity index (χ4v) is 1.74. The number of nitrogens with zero attached hydrogens (tertiary/aromatic N) is 3. The maximum atomic E-state index is 5.64. The molecule has 0 atom stereocenters. The Bertz CT molecular complexity index is 703. The maximum Gasteiger partial charge on any atom is 0.258 e. The number of nitrogens with two attached hydrogens (primary N) is 1. The number of anilines is 1. The molecule has 0 bridgehead atoms. The van der Waals surface area contributed by atoms with E-state index in [2.05, 4.69) is 15.1 Å². The molecule has 0 aliphatic rings. The van der Waals surface area contributed by atoms with Gasteiger partial charge in [-0.15, -0.1) is 0 Å². The van der Waals surface area contributed by atoms with E-state index in [9.17, 15) is 0 Å². The lowest BCUT2D eigenvalue weighted by atomic mass is 10.2. The van der Waals surface area contributed by atoms with Crippen LogP contribution in [-0.2, 0) is 0 Å². The van der Waals surface area contributed by atoms with E-state index in [4.69, 9.17) is 10.3 Å². The predicted octanol–water partition coefficient (Wildman–Crippen LogP) is 2.69. The molecule has 2 aromatic heterocycles. The first-order chi connectivity index (χ1) is 9.22. The quantitative estimate of drug-likeness (QED) is 0.709. The number of hydrogen-bond acceptors (Lipinski definition) is 5. The van der Waals surface area contributed by atoms with Gasteiger partial charge in [-0.25, -0.2) is 4.98 Å². The van der Waals surface area contributed by atoms with Crippen molar-refractivity contribution in [2.45, 2.75) is 6.92 Å². The van der Waals surface area contributed by atoms with Crippen LogP contribution in [0.15, 0.2) is 47.0 Å². The van der Waals surface area contributed by atoms with Crippen molar-refractivity contribution in [2.75, 3.05) is 5.73 Å². The summed E-state index contributed by atoms with van der Waals surface area (Å²) in [5.41, 5.74) is 8.79. The average molecular weight is 252 g/mol. The molecule has 5 heteroatoms. The van der Waals surface area contributed by atoms with Gasteiger partial charge in [0.05, 0.1) is 0 Å². The highest BCUT2D eigenvalue weighted by Crippen LogP contribution is 2.21. The van der Waals surface area contributed by atoms with Gasteiger partial charge in [0.1, 0.15) is 5.69 Å². The van der Waals surface area contributed by atoms with E-state index in [0.717, 1.165) is 11.3 Å². The predicted molar refractivity (Wildman–Crippen MR) is 72.1 cm³/mol. The average Bonchev–Trinajstić information content (AvgIpc) is 2.89. The van der Waals surface area contributed by atoms with Crippen LogP contribution in [0.5, 0.6) is 0 Å². The van der Waals surface area contributed by atoms with E-state index in [-0.39, 0.29) is 0 Å².